The third kappa shape index (κ3) is 4.71. The number of benzene rings is 1. The molecule has 1 aromatic rings. The molecule has 0 aliphatic carbocycles. The second-order valence-corrected chi connectivity index (χ2v) is 5.09. The van der Waals surface area contributed by atoms with Gasteiger partial charge in [0, 0.05) is 16.6 Å². The monoisotopic (exact) mass is 267 g/mol. The lowest BCUT2D eigenvalue weighted by Crippen LogP contribution is -2.22. The van der Waals surface area contributed by atoms with Gasteiger partial charge in [0.2, 0.25) is 0 Å². The average Bonchev–Trinajstić information content (AvgIpc) is 2.32. The van der Waals surface area contributed by atoms with Gasteiger partial charge in [-0.15, -0.1) is 0 Å². The number of hydrogen-bond donors (Lipinski definition) is 1. The summed E-state index contributed by atoms with van der Waals surface area (Å²) in [6, 6.07) is 5.85. The largest absolute Gasteiger partial charge is 0.489 e. The summed E-state index contributed by atoms with van der Waals surface area (Å²) in [5, 5.41) is 0.730. The number of nitrogens with two attached hydrogens (primary N) is 1. The van der Waals surface area contributed by atoms with Crippen LogP contribution in [0.5, 0.6) is 5.75 Å². The van der Waals surface area contributed by atoms with Crippen LogP contribution < -0.4 is 10.5 Å². The first-order chi connectivity index (χ1) is 8.54. The third-order valence-corrected chi connectivity index (χ3v) is 3.15. The summed E-state index contributed by atoms with van der Waals surface area (Å²) < 4.78 is 5.76. The predicted octanol–water partition coefficient (Wildman–Crippen LogP) is 3.96. The van der Waals surface area contributed by atoms with Crippen LogP contribution in [0.15, 0.2) is 29.8 Å². The molecule has 0 radical (unpaired) electrons. The van der Waals surface area contributed by atoms with Gasteiger partial charge in [0.1, 0.15) is 12.4 Å². The minimum absolute atomic E-state index is 0.121. The molecule has 0 saturated carbocycles. The Morgan fingerprint density at radius 3 is 2.78 bits per heavy atom. The van der Waals surface area contributed by atoms with Crippen molar-refractivity contribution in [3.63, 3.8) is 0 Å². The zero-order valence-electron chi connectivity index (χ0n) is 11.4. The van der Waals surface area contributed by atoms with Crippen molar-refractivity contribution in [2.75, 3.05) is 6.61 Å². The van der Waals surface area contributed by atoms with E-state index >= 15 is 0 Å². The molecule has 0 fully saturated rings. The average molecular weight is 268 g/mol. The summed E-state index contributed by atoms with van der Waals surface area (Å²) >= 11 is 6.22. The lowest BCUT2D eigenvalue weighted by atomic mass is 10.0. The maximum atomic E-state index is 6.22. The molecule has 0 saturated heterocycles. The number of rotatable bonds is 6. The SMILES string of the molecule is CCC(N)Cc1c(Cl)cccc1OCC=C(C)C. The van der Waals surface area contributed by atoms with Crippen LogP contribution in [-0.2, 0) is 6.42 Å². The quantitative estimate of drug-likeness (QED) is 0.792. The molecular formula is C15H22ClNO. The van der Waals surface area contributed by atoms with Gasteiger partial charge in [-0.05, 0) is 44.9 Å². The van der Waals surface area contributed by atoms with Gasteiger partial charge in [-0.3, -0.25) is 0 Å². The van der Waals surface area contributed by atoms with Gasteiger partial charge in [-0.25, -0.2) is 0 Å². The van der Waals surface area contributed by atoms with Crippen molar-refractivity contribution in [3.05, 3.63) is 40.4 Å². The molecule has 0 aliphatic rings. The van der Waals surface area contributed by atoms with Crippen LogP contribution in [0.3, 0.4) is 0 Å². The Labute approximate surface area is 115 Å². The smallest absolute Gasteiger partial charge is 0.124 e. The van der Waals surface area contributed by atoms with E-state index in [-0.39, 0.29) is 6.04 Å². The molecule has 2 nitrogen and oxygen atoms in total. The maximum Gasteiger partial charge on any atom is 0.124 e. The standard InChI is InChI=1S/C15H22ClNO/c1-4-12(17)10-13-14(16)6-5-7-15(13)18-9-8-11(2)3/h5-8,12H,4,9-10,17H2,1-3H3. The van der Waals surface area contributed by atoms with Crippen LogP contribution in [0.4, 0.5) is 0 Å². The van der Waals surface area contributed by atoms with E-state index in [1.165, 1.54) is 5.57 Å². The Hall–Kier alpha value is -0.990. The highest BCUT2D eigenvalue weighted by molar-refractivity contribution is 6.31. The maximum absolute atomic E-state index is 6.22. The Bertz CT molecular complexity index is 411. The van der Waals surface area contributed by atoms with Gasteiger partial charge in [0.05, 0.1) is 0 Å². The molecule has 0 amide bonds. The highest BCUT2D eigenvalue weighted by Crippen LogP contribution is 2.28. The van der Waals surface area contributed by atoms with Crippen molar-refractivity contribution in [2.45, 2.75) is 39.7 Å². The fraction of sp³-hybridized carbons (Fsp3) is 0.467. The van der Waals surface area contributed by atoms with Crippen LogP contribution in [0, 0.1) is 0 Å². The van der Waals surface area contributed by atoms with E-state index in [4.69, 9.17) is 22.1 Å². The molecule has 0 aliphatic heterocycles. The predicted molar refractivity (Wildman–Crippen MR) is 78.3 cm³/mol. The molecular weight excluding hydrogens is 246 g/mol. The van der Waals surface area contributed by atoms with Gasteiger partial charge in [-0.1, -0.05) is 30.2 Å². The number of ether oxygens (including phenoxy) is 1. The topological polar surface area (TPSA) is 35.2 Å². The van der Waals surface area contributed by atoms with E-state index in [0.717, 1.165) is 29.2 Å². The van der Waals surface area contributed by atoms with E-state index in [9.17, 15) is 0 Å². The normalized spacial score (nSPS) is 12.1. The second-order valence-electron chi connectivity index (χ2n) is 4.68. The summed E-state index contributed by atoms with van der Waals surface area (Å²) in [5.41, 5.74) is 8.24. The molecule has 100 valence electrons. The Balaban J connectivity index is 2.83. The van der Waals surface area contributed by atoms with Crippen LogP contribution in [0.2, 0.25) is 5.02 Å². The Morgan fingerprint density at radius 2 is 2.17 bits per heavy atom. The van der Waals surface area contributed by atoms with Crippen LogP contribution in [-0.4, -0.2) is 12.6 Å². The minimum Gasteiger partial charge on any atom is -0.489 e. The molecule has 0 bridgehead atoms. The Kier molecular flexibility index (Phi) is 6.23. The van der Waals surface area contributed by atoms with Crippen molar-refractivity contribution in [3.8, 4) is 5.75 Å². The molecule has 3 heteroatoms. The first-order valence-electron chi connectivity index (χ1n) is 6.33. The van der Waals surface area contributed by atoms with Crippen molar-refractivity contribution < 1.29 is 4.74 Å². The summed E-state index contributed by atoms with van der Waals surface area (Å²) in [7, 11) is 0. The summed E-state index contributed by atoms with van der Waals surface area (Å²) in [5.74, 6) is 0.837. The number of allylic oxidation sites excluding steroid dienone is 1. The van der Waals surface area contributed by atoms with E-state index in [2.05, 4.69) is 20.8 Å². The Morgan fingerprint density at radius 1 is 1.44 bits per heavy atom. The molecule has 1 aromatic carbocycles. The fourth-order valence-corrected chi connectivity index (χ4v) is 1.82. The second kappa shape index (κ2) is 7.45. The van der Waals surface area contributed by atoms with Crippen LogP contribution in [0.25, 0.3) is 0 Å². The van der Waals surface area contributed by atoms with Gasteiger partial charge in [0.15, 0.2) is 0 Å². The molecule has 1 rings (SSSR count). The highest BCUT2D eigenvalue weighted by atomic mass is 35.5. The van der Waals surface area contributed by atoms with Crippen molar-refractivity contribution >= 4 is 11.6 Å². The van der Waals surface area contributed by atoms with Gasteiger partial charge in [-0.2, -0.15) is 0 Å². The molecule has 0 spiro atoms. The molecule has 2 N–H and O–H groups in total. The lowest BCUT2D eigenvalue weighted by molar-refractivity contribution is 0.356. The number of hydrogen-bond acceptors (Lipinski definition) is 2. The molecule has 1 unspecified atom stereocenters. The third-order valence-electron chi connectivity index (χ3n) is 2.80. The van der Waals surface area contributed by atoms with E-state index in [1.54, 1.807) is 0 Å². The summed E-state index contributed by atoms with van der Waals surface area (Å²) in [6.45, 7) is 6.74. The zero-order valence-corrected chi connectivity index (χ0v) is 12.1. The molecule has 0 heterocycles. The lowest BCUT2D eigenvalue weighted by Gasteiger charge is -2.15. The molecule has 18 heavy (non-hydrogen) atoms. The molecule has 1 atom stereocenters. The van der Waals surface area contributed by atoms with Crippen molar-refractivity contribution in [1.82, 2.24) is 0 Å². The van der Waals surface area contributed by atoms with Gasteiger partial charge >= 0.3 is 0 Å². The van der Waals surface area contributed by atoms with Crippen molar-refractivity contribution in [1.29, 1.82) is 0 Å². The van der Waals surface area contributed by atoms with E-state index < -0.39 is 0 Å². The minimum atomic E-state index is 0.121. The van der Waals surface area contributed by atoms with Gasteiger partial charge < -0.3 is 10.5 Å². The highest BCUT2D eigenvalue weighted by Gasteiger charge is 2.11. The van der Waals surface area contributed by atoms with E-state index in [1.807, 2.05) is 24.3 Å². The first-order valence-corrected chi connectivity index (χ1v) is 6.71. The zero-order chi connectivity index (χ0) is 13.5. The van der Waals surface area contributed by atoms with Gasteiger partial charge in [0.25, 0.3) is 0 Å². The molecule has 0 aromatic heterocycles. The first kappa shape index (κ1) is 15.1. The summed E-state index contributed by atoms with van der Waals surface area (Å²) in [6.07, 6.45) is 3.73. The van der Waals surface area contributed by atoms with Crippen molar-refractivity contribution in [2.24, 2.45) is 5.73 Å². The fourth-order valence-electron chi connectivity index (χ4n) is 1.58. The van der Waals surface area contributed by atoms with E-state index in [0.29, 0.717) is 6.61 Å². The van der Waals surface area contributed by atoms with Crippen LogP contribution >= 0.6 is 11.6 Å². The summed E-state index contributed by atoms with van der Waals surface area (Å²) in [4.78, 5) is 0. The number of halogens is 1. The van der Waals surface area contributed by atoms with Crippen LogP contribution in [0.1, 0.15) is 32.8 Å².